The molecule has 214 valence electrons. The number of hydrogen-bond donors (Lipinski definition) is 4. The van der Waals surface area contributed by atoms with Crippen LogP contribution in [0.4, 0.5) is 8.78 Å². The highest BCUT2D eigenvalue weighted by atomic mass is 79.9. The van der Waals surface area contributed by atoms with Crippen molar-refractivity contribution in [3.8, 4) is 11.1 Å². The van der Waals surface area contributed by atoms with Crippen molar-refractivity contribution in [2.45, 2.75) is 17.2 Å². The van der Waals surface area contributed by atoms with E-state index < -0.39 is 26.4 Å². The Bertz CT molecular complexity index is 1650. The zero-order chi connectivity index (χ0) is 29.8. The van der Waals surface area contributed by atoms with Crippen LogP contribution in [0.5, 0.6) is 0 Å². The van der Waals surface area contributed by atoms with Crippen molar-refractivity contribution in [3.63, 3.8) is 0 Å². The van der Waals surface area contributed by atoms with E-state index in [1.54, 1.807) is 18.2 Å². The summed E-state index contributed by atoms with van der Waals surface area (Å²) >= 11 is 4.53. The smallest absolute Gasteiger partial charge is 0.321 e. The zero-order valence-electron chi connectivity index (χ0n) is 21.3. The lowest BCUT2D eigenvalue weighted by Gasteiger charge is -2.19. The van der Waals surface area contributed by atoms with Crippen molar-refractivity contribution in [2.75, 3.05) is 0 Å². The minimum atomic E-state index is -5.66. The summed E-state index contributed by atoms with van der Waals surface area (Å²) in [6, 6.07) is 25.8. The van der Waals surface area contributed by atoms with Crippen molar-refractivity contribution < 1.29 is 37.5 Å². The Kier molecular flexibility index (Phi) is 9.89. The first-order valence-corrected chi connectivity index (χ1v) is 17.3. The van der Waals surface area contributed by atoms with E-state index in [1.165, 1.54) is 30.0 Å². The Balaban J connectivity index is 1.43. The molecule has 0 aliphatic carbocycles. The predicted molar refractivity (Wildman–Crippen MR) is 164 cm³/mol. The van der Waals surface area contributed by atoms with Crippen LogP contribution in [0.3, 0.4) is 0 Å². The van der Waals surface area contributed by atoms with Crippen molar-refractivity contribution >= 4 is 60.3 Å². The second-order valence-corrected chi connectivity index (χ2v) is 14.2. The van der Waals surface area contributed by atoms with Gasteiger partial charge >= 0.3 is 20.9 Å². The minimum absolute atomic E-state index is 0.0578. The van der Waals surface area contributed by atoms with E-state index in [9.17, 15) is 27.7 Å². The summed E-state index contributed by atoms with van der Waals surface area (Å²) in [5.41, 5.74) is -0.566. The lowest BCUT2D eigenvalue weighted by atomic mass is 10.0. The van der Waals surface area contributed by atoms with E-state index in [-0.39, 0.29) is 9.78 Å². The Morgan fingerprint density at radius 3 is 1.98 bits per heavy atom. The SMILES string of the molecule is O=P(O)(O)c1cc(-c2ccc(CSCc3ccc(C(F)(F)P(=O)(O)O)c(Br)c3)cc2)ccc1/C=C/c1ccccc1. The summed E-state index contributed by atoms with van der Waals surface area (Å²) < 4.78 is 51.4. The van der Waals surface area contributed by atoms with Gasteiger partial charge < -0.3 is 19.6 Å². The second-order valence-electron chi connectivity index (χ2n) is 9.15. The van der Waals surface area contributed by atoms with Gasteiger partial charge in [0.25, 0.3) is 0 Å². The van der Waals surface area contributed by atoms with Gasteiger partial charge in [0.05, 0.1) is 5.30 Å². The first-order chi connectivity index (χ1) is 19.3. The molecule has 41 heavy (non-hydrogen) atoms. The highest BCUT2D eigenvalue weighted by Crippen LogP contribution is 2.60. The summed E-state index contributed by atoms with van der Waals surface area (Å²) in [6.07, 6.45) is 3.48. The molecule has 0 fully saturated rings. The molecule has 0 unspecified atom stereocenters. The van der Waals surface area contributed by atoms with E-state index >= 15 is 0 Å². The lowest BCUT2D eigenvalue weighted by Crippen LogP contribution is -2.14. The Hall–Kier alpha value is -2.39. The molecule has 0 aliphatic rings. The van der Waals surface area contributed by atoms with Crippen LogP contribution in [0.15, 0.2) is 95.5 Å². The quantitative estimate of drug-likeness (QED) is 0.100. The summed E-state index contributed by atoms with van der Waals surface area (Å²) in [5.74, 6) is 1.08. The molecule has 4 aromatic carbocycles. The fourth-order valence-electron chi connectivity index (χ4n) is 4.00. The molecule has 0 amide bonds. The Morgan fingerprint density at radius 2 is 1.37 bits per heavy atom. The van der Waals surface area contributed by atoms with Crippen LogP contribution in [0.2, 0.25) is 0 Å². The second kappa shape index (κ2) is 12.9. The molecule has 4 N–H and O–H groups in total. The van der Waals surface area contributed by atoms with Crippen LogP contribution >= 0.6 is 42.9 Å². The van der Waals surface area contributed by atoms with Gasteiger partial charge in [-0.3, -0.25) is 9.13 Å². The Labute approximate surface area is 248 Å². The molecule has 6 nitrogen and oxygen atoms in total. The number of alkyl halides is 2. The average molecular weight is 681 g/mol. The fraction of sp³-hybridized carbons (Fsp3) is 0.103. The third kappa shape index (κ3) is 7.92. The third-order valence-corrected chi connectivity index (χ3v) is 9.87. The molecule has 0 bridgehead atoms. The average Bonchev–Trinajstić information content (AvgIpc) is 2.91. The molecule has 0 spiro atoms. The zero-order valence-corrected chi connectivity index (χ0v) is 25.5. The van der Waals surface area contributed by atoms with Gasteiger partial charge in [-0.2, -0.15) is 20.5 Å². The molecular formula is C29H25BrF2O6P2S. The van der Waals surface area contributed by atoms with Gasteiger partial charge in [-0.15, -0.1) is 0 Å². The normalized spacial score (nSPS) is 12.7. The van der Waals surface area contributed by atoms with Crippen LogP contribution in [0.1, 0.15) is 27.8 Å². The van der Waals surface area contributed by atoms with Crippen LogP contribution in [-0.4, -0.2) is 19.6 Å². The predicted octanol–water partition coefficient (Wildman–Crippen LogP) is 7.75. The fourth-order valence-corrected chi connectivity index (χ4v) is 7.07. The van der Waals surface area contributed by atoms with Crippen LogP contribution < -0.4 is 5.30 Å². The molecular weight excluding hydrogens is 656 g/mol. The number of halogens is 3. The highest BCUT2D eigenvalue weighted by Gasteiger charge is 2.51. The van der Waals surface area contributed by atoms with Gasteiger partial charge in [0.15, 0.2) is 0 Å². The first-order valence-electron chi connectivity index (χ1n) is 12.1. The van der Waals surface area contributed by atoms with Crippen molar-refractivity contribution in [1.29, 1.82) is 0 Å². The van der Waals surface area contributed by atoms with Crippen LogP contribution in [0, 0.1) is 0 Å². The standard InChI is InChI=1S/C29H25BrF2O6P2S/c30-27-16-22(9-15-26(27)29(31,32)40(36,37)38)19-41-18-21-7-10-23(11-8-21)25-14-13-24(28(17-25)39(33,34)35)12-6-20-4-2-1-3-5-20/h1-17H,18-19H2,(H2,33,34,35)(H2,36,37,38)/b12-6+. The summed E-state index contributed by atoms with van der Waals surface area (Å²) in [5, 5.41) is -0.0578. The highest BCUT2D eigenvalue weighted by molar-refractivity contribution is 9.10. The maximum atomic E-state index is 14.0. The van der Waals surface area contributed by atoms with Gasteiger partial charge in [0, 0.05) is 21.5 Å². The Morgan fingerprint density at radius 1 is 0.756 bits per heavy atom. The van der Waals surface area contributed by atoms with Gasteiger partial charge in [0.2, 0.25) is 0 Å². The largest absolute Gasteiger partial charge is 0.399 e. The van der Waals surface area contributed by atoms with Gasteiger partial charge in [-0.1, -0.05) is 107 Å². The van der Waals surface area contributed by atoms with E-state index in [4.69, 9.17) is 9.79 Å². The third-order valence-electron chi connectivity index (χ3n) is 6.15. The molecule has 0 aromatic heterocycles. The van der Waals surface area contributed by atoms with E-state index in [0.29, 0.717) is 28.2 Å². The van der Waals surface area contributed by atoms with Crippen LogP contribution in [0.25, 0.3) is 23.3 Å². The molecule has 4 rings (SSSR count). The first kappa shape index (κ1) is 31.5. The number of benzene rings is 4. The summed E-state index contributed by atoms with van der Waals surface area (Å²) in [7, 11) is -10.2. The van der Waals surface area contributed by atoms with Crippen LogP contribution in [-0.2, 0) is 26.3 Å². The van der Waals surface area contributed by atoms with E-state index in [0.717, 1.165) is 22.8 Å². The van der Waals surface area contributed by atoms with Gasteiger partial charge in [-0.05, 0) is 45.5 Å². The van der Waals surface area contributed by atoms with Crippen molar-refractivity contribution in [2.24, 2.45) is 0 Å². The maximum Gasteiger partial charge on any atom is 0.399 e. The van der Waals surface area contributed by atoms with Gasteiger partial charge in [0.1, 0.15) is 0 Å². The van der Waals surface area contributed by atoms with Crippen molar-refractivity contribution in [3.05, 3.63) is 123 Å². The number of hydrogen-bond acceptors (Lipinski definition) is 3. The van der Waals surface area contributed by atoms with E-state index in [1.807, 2.05) is 60.7 Å². The molecule has 0 saturated carbocycles. The topological polar surface area (TPSA) is 115 Å². The molecule has 0 aliphatic heterocycles. The summed E-state index contributed by atoms with van der Waals surface area (Å²) in [6.45, 7) is 0. The molecule has 0 heterocycles. The number of thioether (sulfide) groups is 1. The molecule has 4 aromatic rings. The van der Waals surface area contributed by atoms with Crippen molar-refractivity contribution in [1.82, 2.24) is 0 Å². The molecule has 12 heteroatoms. The monoisotopic (exact) mass is 680 g/mol. The van der Waals surface area contributed by atoms with E-state index in [2.05, 4.69) is 15.9 Å². The molecule has 0 atom stereocenters. The minimum Gasteiger partial charge on any atom is -0.321 e. The number of rotatable bonds is 10. The van der Waals surface area contributed by atoms with Gasteiger partial charge in [-0.25, -0.2) is 0 Å². The maximum absolute atomic E-state index is 14.0. The molecule has 0 radical (unpaired) electrons. The molecule has 0 saturated heterocycles. The summed E-state index contributed by atoms with van der Waals surface area (Å²) in [4.78, 5) is 37.9. The lowest BCUT2D eigenvalue weighted by molar-refractivity contribution is 0.0557.